The predicted octanol–water partition coefficient (Wildman–Crippen LogP) is 1.44. The molecule has 4 N–H and O–H groups in total. The maximum atomic E-state index is 5.46. The highest BCUT2D eigenvalue weighted by molar-refractivity contribution is 7.09. The van der Waals surface area contributed by atoms with Gasteiger partial charge in [0, 0.05) is 18.1 Å². The van der Waals surface area contributed by atoms with Crippen molar-refractivity contribution < 1.29 is 0 Å². The van der Waals surface area contributed by atoms with E-state index in [4.69, 9.17) is 5.84 Å². The van der Waals surface area contributed by atoms with Crippen molar-refractivity contribution in [1.82, 2.24) is 15.7 Å². The summed E-state index contributed by atoms with van der Waals surface area (Å²) in [5.74, 6) is 6.56. The Labute approximate surface area is 107 Å². The molecule has 0 spiro atoms. The van der Waals surface area contributed by atoms with E-state index in [0.717, 1.165) is 11.6 Å². The summed E-state index contributed by atoms with van der Waals surface area (Å²) >= 11 is 1.61. The van der Waals surface area contributed by atoms with Crippen LogP contribution in [0.5, 0.6) is 0 Å². The van der Waals surface area contributed by atoms with Crippen molar-refractivity contribution >= 4 is 17.3 Å². The molecule has 0 aliphatic carbocycles. The van der Waals surface area contributed by atoms with Gasteiger partial charge in [-0.1, -0.05) is 13.8 Å². The van der Waals surface area contributed by atoms with Gasteiger partial charge in [-0.05, 0) is 19.8 Å². The number of hydrazine groups is 1. The predicted molar refractivity (Wildman–Crippen MR) is 72.7 cm³/mol. The minimum atomic E-state index is -0.281. The van der Waals surface area contributed by atoms with E-state index in [0.29, 0.717) is 11.9 Å². The van der Waals surface area contributed by atoms with Gasteiger partial charge in [-0.15, -0.1) is 11.3 Å². The number of nitrogens with one attached hydrogen (secondary N) is 2. The summed E-state index contributed by atoms with van der Waals surface area (Å²) < 4.78 is 0. The summed E-state index contributed by atoms with van der Waals surface area (Å²) in [5, 5.41) is 6.23. The van der Waals surface area contributed by atoms with E-state index < -0.39 is 0 Å². The lowest BCUT2D eigenvalue weighted by Crippen LogP contribution is -2.50. The number of thiazole rings is 1. The van der Waals surface area contributed by atoms with E-state index in [-0.39, 0.29) is 5.54 Å². The molecule has 0 saturated heterocycles. The van der Waals surface area contributed by atoms with Crippen LogP contribution >= 0.6 is 11.3 Å². The molecule has 1 rings (SSSR count). The summed E-state index contributed by atoms with van der Waals surface area (Å²) in [6.45, 7) is 9.07. The molecule has 0 radical (unpaired) electrons. The Balaban J connectivity index is 2.71. The Kier molecular flexibility index (Phi) is 4.89. The van der Waals surface area contributed by atoms with Gasteiger partial charge in [0.25, 0.3) is 0 Å². The molecule has 0 bridgehead atoms. The first-order chi connectivity index (χ1) is 7.95. The van der Waals surface area contributed by atoms with Gasteiger partial charge in [0.2, 0.25) is 5.96 Å². The smallest absolute Gasteiger partial charge is 0.206 e. The molecular weight excluding hydrogens is 234 g/mol. The van der Waals surface area contributed by atoms with E-state index in [2.05, 4.69) is 34.6 Å². The first-order valence-corrected chi connectivity index (χ1v) is 6.53. The fourth-order valence-corrected chi connectivity index (χ4v) is 1.99. The minimum Gasteiger partial charge on any atom is -0.344 e. The number of rotatable bonds is 4. The van der Waals surface area contributed by atoms with Crippen molar-refractivity contribution in [1.29, 1.82) is 0 Å². The summed E-state index contributed by atoms with van der Waals surface area (Å²) in [6, 6.07) is 0. The second-order valence-corrected chi connectivity index (χ2v) is 5.71. The Hall–Kier alpha value is -1.14. The minimum absolute atomic E-state index is 0.281. The number of nitrogens with two attached hydrogens (primary N) is 1. The zero-order valence-electron chi connectivity index (χ0n) is 10.8. The van der Waals surface area contributed by atoms with Gasteiger partial charge in [-0.3, -0.25) is 10.4 Å². The van der Waals surface area contributed by atoms with E-state index in [1.807, 2.05) is 19.2 Å². The second kappa shape index (κ2) is 5.97. The zero-order valence-corrected chi connectivity index (χ0v) is 11.6. The topological polar surface area (TPSA) is 75.3 Å². The number of hydrogen-bond acceptors (Lipinski definition) is 4. The Morgan fingerprint density at radius 2 is 2.29 bits per heavy atom. The van der Waals surface area contributed by atoms with Gasteiger partial charge in [0.1, 0.15) is 5.01 Å². The molecule has 0 aromatic carbocycles. The van der Waals surface area contributed by atoms with Crippen LogP contribution in [0.1, 0.15) is 32.7 Å². The van der Waals surface area contributed by atoms with Gasteiger partial charge >= 0.3 is 0 Å². The monoisotopic (exact) mass is 255 g/mol. The molecule has 6 heteroatoms. The molecule has 0 aliphatic rings. The van der Waals surface area contributed by atoms with Crippen LogP contribution in [0.3, 0.4) is 0 Å². The van der Waals surface area contributed by atoms with E-state index in [1.54, 1.807) is 17.5 Å². The molecule has 5 nitrogen and oxygen atoms in total. The highest BCUT2D eigenvalue weighted by Gasteiger charge is 2.24. The third-order valence-corrected chi connectivity index (χ3v) is 3.25. The van der Waals surface area contributed by atoms with Crippen LogP contribution in [0.15, 0.2) is 16.6 Å². The number of hydrogen-bond donors (Lipinski definition) is 3. The highest BCUT2D eigenvalue weighted by atomic mass is 32.1. The Morgan fingerprint density at radius 3 is 2.76 bits per heavy atom. The van der Waals surface area contributed by atoms with Crippen molar-refractivity contribution in [2.75, 3.05) is 6.54 Å². The average Bonchev–Trinajstić information content (AvgIpc) is 2.77. The molecule has 0 atom stereocenters. The van der Waals surface area contributed by atoms with Crippen molar-refractivity contribution in [3.63, 3.8) is 0 Å². The van der Waals surface area contributed by atoms with Crippen molar-refractivity contribution in [2.24, 2.45) is 16.8 Å². The van der Waals surface area contributed by atoms with E-state index >= 15 is 0 Å². The van der Waals surface area contributed by atoms with Gasteiger partial charge in [-0.25, -0.2) is 10.8 Å². The Morgan fingerprint density at radius 1 is 1.59 bits per heavy atom. The summed E-state index contributed by atoms with van der Waals surface area (Å²) in [6.07, 6.45) is 1.80. The molecule has 1 aromatic heterocycles. The Bertz CT molecular complexity index is 356. The van der Waals surface area contributed by atoms with Gasteiger partial charge in [0.05, 0.1) is 5.54 Å². The standard InChI is InChI=1S/C11H21N5S/c1-8(2)7-14-10(16-12)15-11(3,4)9-13-5-6-17-9/h5-6,8H,7,12H2,1-4H3,(H2,14,15,16). The van der Waals surface area contributed by atoms with Crippen LogP contribution in [-0.4, -0.2) is 17.5 Å². The van der Waals surface area contributed by atoms with Gasteiger partial charge in [-0.2, -0.15) is 0 Å². The number of aliphatic imine (C=N–C) groups is 1. The maximum Gasteiger partial charge on any atom is 0.206 e. The van der Waals surface area contributed by atoms with Crippen molar-refractivity contribution in [3.8, 4) is 0 Å². The SMILES string of the molecule is CC(C)CN=C(NN)NC(C)(C)c1nccs1. The highest BCUT2D eigenvalue weighted by Crippen LogP contribution is 2.21. The summed E-state index contributed by atoms with van der Waals surface area (Å²) in [5.41, 5.74) is 2.31. The lowest BCUT2D eigenvalue weighted by atomic mass is 10.1. The second-order valence-electron chi connectivity index (χ2n) is 4.81. The first kappa shape index (κ1) is 13.9. The number of aromatic nitrogens is 1. The molecule has 0 aliphatic heterocycles. The van der Waals surface area contributed by atoms with Crippen LogP contribution < -0.4 is 16.6 Å². The molecule has 0 saturated carbocycles. The maximum absolute atomic E-state index is 5.46. The summed E-state index contributed by atoms with van der Waals surface area (Å²) in [7, 11) is 0. The van der Waals surface area contributed by atoms with Gasteiger partial charge in [0.15, 0.2) is 0 Å². The van der Waals surface area contributed by atoms with Gasteiger partial charge < -0.3 is 5.32 Å². The average molecular weight is 255 g/mol. The van der Waals surface area contributed by atoms with Crippen molar-refractivity contribution in [3.05, 3.63) is 16.6 Å². The molecule has 96 valence electrons. The lowest BCUT2D eigenvalue weighted by Gasteiger charge is -2.25. The third-order valence-electron chi connectivity index (χ3n) is 2.15. The molecule has 0 fully saturated rings. The quantitative estimate of drug-likeness (QED) is 0.329. The fraction of sp³-hybridized carbons (Fsp3) is 0.636. The molecular formula is C11H21N5S. The number of guanidine groups is 1. The molecule has 0 amide bonds. The fourth-order valence-electron chi connectivity index (χ4n) is 1.28. The molecule has 0 unspecified atom stereocenters. The molecule has 1 heterocycles. The largest absolute Gasteiger partial charge is 0.344 e. The first-order valence-electron chi connectivity index (χ1n) is 5.65. The molecule has 1 aromatic rings. The van der Waals surface area contributed by atoms with E-state index in [9.17, 15) is 0 Å². The van der Waals surface area contributed by atoms with Crippen molar-refractivity contribution in [2.45, 2.75) is 33.2 Å². The van der Waals surface area contributed by atoms with Crippen LogP contribution in [0, 0.1) is 5.92 Å². The molecule has 17 heavy (non-hydrogen) atoms. The zero-order chi connectivity index (χ0) is 12.9. The normalized spacial score (nSPS) is 12.9. The van der Waals surface area contributed by atoms with E-state index in [1.165, 1.54) is 0 Å². The van der Waals surface area contributed by atoms with Crippen LogP contribution in [0.25, 0.3) is 0 Å². The lowest BCUT2D eigenvalue weighted by molar-refractivity contribution is 0.473. The van der Waals surface area contributed by atoms with Crippen LogP contribution in [0.4, 0.5) is 0 Å². The van der Waals surface area contributed by atoms with Crippen LogP contribution in [0.2, 0.25) is 0 Å². The third kappa shape index (κ3) is 4.32. The summed E-state index contributed by atoms with van der Waals surface area (Å²) in [4.78, 5) is 8.69. The van der Waals surface area contributed by atoms with Crippen LogP contribution in [-0.2, 0) is 5.54 Å². The number of nitrogens with zero attached hydrogens (tertiary/aromatic N) is 2.